The van der Waals surface area contributed by atoms with E-state index in [0.29, 0.717) is 44.6 Å². The summed E-state index contributed by atoms with van der Waals surface area (Å²) in [5.74, 6) is -0.334. The number of fused-ring (bicyclic) bond motifs is 1. The lowest BCUT2D eigenvalue weighted by atomic mass is 10.0. The fourth-order valence-corrected chi connectivity index (χ4v) is 5.14. The van der Waals surface area contributed by atoms with Crippen molar-refractivity contribution in [1.29, 1.82) is 10.5 Å². The van der Waals surface area contributed by atoms with Crippen LogP contribution >= 0.6 is 11.6 Å². The number of nitrogens with zero attached hydrogens (tertiary/aromatic N) is 6. The molecule has 0 saturated heterocycles. The highest BCUT2D eigenvalue weighted by Gasteiger charge is 2.27. The molecule has 0 amide bonds. The third-order valence-electron chi connectivity index (χ3n) is 7.12. The second kappa shape index (κ2) is 11.2. The lowest BCUT2D eigenvalue weighted by molar-refractivity contribution is 0.610. The molecule has 202 valence electrons. The van der Waals surface area contributed by atoms with Gasteiger partial charge >= 0.3 is 0 Å². The van der Waals surface area contributed by atoms with Crippen LogP contribution in [0.1, 0.15) is 59.8 Å². The third-order valence-corrected chi connectivity index (χ3v) is 7.41. The first kappa shape index (κ1) is 26.2. The summed E-state index contributed by atoms with van der Waals surface area (Å²) in [5, 5.41) is 36.2. The Balaban J connectivity index is 1.43. The molecule has 0 bridgehead atoms. The number of nitrogens with one attached hydrogen (secondary N) is 2. The van der Waals surface area contributed by atoms with Gasteiger partial charge in [-0.1, -0.05) is 59.3 Å². The van der Waals surface area contributed by atoms with Gasteiger partial charge in [-0.15, -0.1) is 5.10 Å². The number of pyridine rings is 1. The molecule has 1 unspecified atom stereocenters. The van der Waals surface area contributed by atoms with Crippen molar-refractivity contribution < 1.29 is 4.39 Å². The molecule has 1 saturated carbocycles. The van der Waals surface area contributed by atoms with Crippen LogP contribution in [0, 0.1) is 28.5 Å². The van der Waals surface area contributed by atoms with Crippen LogP contribution in [0.2, 0.25) is 5.02 Å². The molecule has 8 nitrogen and oxygen atoms in total. The molecule has 2 heterocycles. The van der Waals surface area contributed by atoms with Gasteiger partial charge < -0.3 is 10.6 Å². The fraction of sp³-hybridized carbons (Fsp3) is 0.194. The number of aromatic nitrogens is 4. The minimum absolute atomic E-state index is 0.188. The van der Waals surface area contributed by atoms with E-state index in [2.05, 4.69) is 38.1 Å². The third kappa shape index (κ3) is 5.54. The van der Waals surface area contributed by atoms with Crippen molar-refractivity contribution in [3.05, 3.63) is 112 Å². The Kier molecular flexibility index (Phi) is 7.20. The zero-order valence-electron chi connectivity index (χ0n) is 21.8. The molecule has 3 aromatic carbocycles. The number of halogens is 2. The Hall–Kier alpha value is -4.99. The maximum Gasteiger partial charge on any atom is 0.123 e. The molecule has 0 aliphatic heterocycles. The van der Waals surface area contributed by atoms with Crippen LogP contribution in [0.3, 0.4) is 0 Å². The summed E-state index contributed by atoms with van der Waals surface area (Å²) in [4.78, 5) is 4.46. The predicted molar refractivity (Wildman–Crippen MR) is 155 cm³/mol. The van der Waals surface area contributed by atoms with E-state index in [0.717, 1.165) is 24.0 Å². The molecule has 6 rings (SSSR count). The van der Waals surface area contributed by atoms with Crippen LogP contribution < -0.4 is 10.6 Å². The topological polar surface area (TPSA) is 115 Å². The van der Waals surface area contributed by atoms with E-state index in [1.807, 2.05) is 47.3 Å². The SMILES string of the molecule is N#CC[C@@H](Nc1c(C#N)cnc2c(Cl)cc(NC(c3ccc(F)cc3)c3cn(C4CC4)nn3)cc12)c1ccccc1. The summed E-state index contributed by atoms with van der Waals surface area (Å²) in [6.07, 6.45) is 5.72. The van der Waals surface area contributed by atoms with Gasteiger partial charge in [0.25, 0.3) is 0 Å². The monoisotopic (exact) mass is 562 g/mol. The van der Waals surface area contributed by atoms with Crippen LogP contribution in [-0.2, 0) is 0 Å². The maximum atomic E-state index is 13.8. The van der Waals surface area contributed by atoms with Gasteiger partial charge in [0.1, 0.15) is 17.6 Å². The molecule has 10 heteroatoms. The second-order valence-electron chi connectivity index (χ2n) is 9.97. The highest BCUT2D eigenvalue weighted by Crippen LogP contribution is 2.38. The van der Waals surface area contributed by atoms with E-state index in [-0.39, 0.29) is 18.3 Å². The first-order valence-corrected chi connectivity index (χ1v) is 13.6. The van der Waals surface area contributed by atoms with E-state index >= 15 is 0 Å². The first-order valence-electron chi connectivity index (χ1n) is 13.2. The number of hydrogen-bond donors (Lipinski definition) is 2. The zero-order chi connectivity index (χ0) is 28.3. The van der Waals surface area contributed by atoms with Gasteiger partial charge in [-0.25, -0.2) is 9.07 Å². The molecule has 1 aliphatic carbocycles. The molecular weight excluding hydrogens is 539 g/mol. The average molecular weight is 563 g/mol. The highest BCUT2D eigenvalue weighted by molar-refractivity contribution is 6.35. The van der Waals surface area contributed by atoms with Gasteiger partial charge in [-0.2, -0.15) is 10.5 Å². The standard InChI is InChI=1S/C31H24ClFN8/c32-26-15-23(37-30(20-6-8-22(33)9-7-20)28-18-41(40-39-28)24-10-11-24)14-25-29(21(16-35)17-36-31(25)26)38-27(12-13-34)19-4-2-1-3-5-19/h1-9,14-15,17-18,24,27,30,37H,10-12H2,(H,36,38)/t27-,30?/m1/s1. The summed E-state index contributed by atoms with van der Waals surface area (Å²) >= 11 is 6.75. The predicted octanol–water partition coefficient (Wildman–Crippen LogP) is 7.09. The molecular formula is C31H24ClFN8. The smallest absolute Gasteiger partial charge is 0.123 e. The quantitative estimate of drug-likeness (QED) is 0.197. The van der Waals surface area contributed by atoms with Gasteiger partial charge in [-0.3, -0.25) is 4.98 Å². The van der Waals surface area contributed by atoms with Crippen molar-refractivity contribution in [2.24, 2.45) is 0 Å². The lowest BCUT2D eigenvalue weighted by Gasteiger charge is -2.22. The van der Waals surface area contributed by atoms with E-state index in [1.165, 1.54) is 18.3 Å². The zero-order valence-corrected chi connectivity index (χ0v) is 22.6. The van der Waals surface area contributed by atoms with Gasteiger partial charge in [0.2, 0.25) is 0 Å². The van der Waals surface area contributed by atoms with Crippen LogP contribution in [0.4, 0.5) is 15.8 Å². The van der Waals surface area contributed by atoms with Crippen LogP contribution in [0.5, 0.6) is 0 Å². The van der Waals surface area contributed by atoms with Crippen LogP contribution in [0.25, 0.3) is 10.9 Å². The number of hydrogen-bond acceptors (Lipinski definition) is 7. The van der Waals surface area contributed by atoms with E-state index in [9.17, 15) is 14.9 Å². The molecule has 41 heavy (non-hydrogen) atoms. The number of nitriles is 2. The summed E-state index contributed by atoms with van der Waals surface area (Å²) < 4.78 is 15.7. The minimum Gasteiger partial charge on any atom is -0.376 e. The van der Waals surface area contributed by atoms with Crippen molar-refractivity contribution in [3.8, 4) is 12.1 Å². The Morgan fingerprint density at radius 3 is 2.51 bits per heavy atom. The number of rotatable bonds is 9. The minimum atomic E-state index is -0.448. The second-order valence-corrected chi connectivity index (χ2v) is 10.4. The van der Waals surface area contributed by atoms with Crippen molar-refractivity contribution >= 4 is 33.9 Å². The van der Waals surface area contributed by atoms with Gasteiger partial charge in [0.15, 0.2) is 0 Å². The summed E-state index contributed by atoms with van der Waals surface area (Å²) in [7, 11) is 0. The Labute approximate surface area is 241 Å². The van der Waals surface area contributed by atoms with E-state index in [4.69, 9.17) is 11.6 Å². The van der Waals surface area contributed by atoms with Crippen molar-refractivity contribution in [1.82, 2.24) is 20.0 Å². The summed E-state index contributed by atoms with van der Waals surface area (Å²) in [6, 6.07) is 23.5. The van der Waals surface area contributed by atoms with Crippen molar-refractivity contribution in [2.75, 3.05) is 10.6 Å². The molecule has 1 fully saturated rings. The average Bonchev–Trinajstić information content (AvgIpc) is 3.73. The lowest BCUT2D eigenvalue weighted by Crippen LogP contribution is -2.14. The molecule has 2 N–H and O–H groups in total. The molecule has 0 radical (unpaired) electrons. The first-order chi connectivity index (χ1) is 20.0. The van der Waals surface area contributed by atoms with Crippen LogP contribution in [0.15, 0.2) is 79.1 Å². The molecule has 5 aromatic rings. The molecule has 2 aromatic heterocycles. The Morgan fingerprint density at radius 2 is 1.80 bits per heavy atom. The number of benzene rings is 3. The van der Waals surface area contributed by atoms with Gasteiger partial charge in [0.05, 0.1) is 58.6 Å². The number of anilines is 2. The van der Waals surface area contributed by atoms with Crippen molar-refractivity contribution in [3.63, 3.8) is 0 Å². The summed E-state index contributed by atoms with van der Waals surface area (Å²) in [5.41, 5.74) is 4.41. The van der Waals surface area contributed by atoms with E-state index < -0.39 is 6.04 Å². The Bertz CT molecular complexity index is 1790. The van der Waals surface area contributed by atoms with Crippen LogP contribution in [-0.4, -0.2) is 20.0 Å². The highest BCUT2D eigenvalue weighted by atomic mass is 35.5. The molecule has 1 aliphatic rings. The Morgan fingerprint density at radius 1 is 1.02 bits per heavy atom. The summed E-state index contributed by atoms with van der Waals surface area (Å²) in [6.45, 7) is 0. The van der Waals surface area contributed by atoms with E-state index in [1.54, 1.807) is 18.2 Å². The maximum absolute atomic E-state index is 13.8. The van der Waals surface area contributed by atoms with Gasteiger partial charge in [0, 0.05) is 17.3 Å². The van der Waals surface area contributed by atoms with Gasteiger partial charge in [-0.05, 0) is 48.2 Å². The normalized spacial score (nSPS) is 14.1. The largest absolute Gasteiger partial charge is 0.376 e. The van der Waals surface area contributed by atoms with Crippen molar-refractivity contribution in [2.45, 2.75) is 37.4 Å². The fourth-order valence-electron chi connectivity index (χ4n) is 4.88. The molecule has 2 atom stereocenters. The molecule has 0 spiro atoms.